The molecule has 0 bridgehead atoms. The zero-order valence-corrected chi connectivity index (χ0v) is 20.5. The summed E-state index contributed by atoms with van der Waals surface area (Å²) in [6, 6.07) is 10.9. The first kappa shape index (κ1) is 24.9. The molecule has 176 valence electrons. The van der Waals surface area contributed by atoms with Gasteiger partial charge in [-0.05, 0) is 55.3 Å². The highest BCUT2D eigenvalue weighted by molar-refractivity contribution is 7.98. The van der Waals surface area contributed by atoms with Gasteiger partial charge in [-0.1, -0.05) is 25.1 Å². The van der Waals surface area contributed by atoms with Crippen molar-refractivity contribution >= 4 is 39.3 Å². The highest BCUT2D eigenvalue weighted by atomic mass is 32.2. The molecule has 0 unspecified atom stereocenters. The van der Waals surface area contributed by atoms with Gasteiger partial charge in [0.15, 0.2) is 0 Å². The predicted octanol–water partition coefficient (Wildman–Crippen LogP) is 4.00. The maximum Gasteiger partial charge on any atom is 0.261 e. The van der Waals surface area contributed by atoms with Crippen molar-refractivity contribution in [1.82, 2.24) is 10.2 Å². The lowest BCUT2D eigenvalue weighted by Crippen LogP contribution is -2.38. The third-order valence-electron chi connectivity index (χ3n) is 5.61. The molecule has 33 heavy (non-hydrogen) atoms. The largest absolute Gasteiger partial charge is 0.349 e. The molecule has 7 nitrogen and oxygen atoms in total. The van der Waals surface area contributed by atoms with Crippen molar-refractivity contribution in [3.05, 3.63) is 66.2 Å². The average molecular weight is 488 g/mol. The molecule has 0 aromatic heterocycles. The lowest BCUT2D eigenvalue weighted by molar-refractivity contribution is 0.0693. The average Bonchev–Trinajstić information content (AvgIpc) is 2.82. The zero-order chi connectivity index (χ0) is 24.0. The molecule has 2 amide bonds. The van der Waals surface area contributed by atoms with Crippen LogP contribution in [0.15, 0.2) is 64.9 Å². The lowest BCUT2D eigenvalue weighted by Gasteiger charge is -2.30. The Kier molecular flexibility index (Phi) is 8.20. The van der Waals surface area contributed by atoms with E-state index in [1.54, 1.807) is 35.2 Å². The fourth-order valence-corrected chi connectivity index (χ4v) is 5.31. The number of carbonyl (C=O) groups excluding carboxylic acids is 2. The van der Waals surface area contributed by atoms with Crippen LogP contribution in [0.4, 0.5) is 5.69 Å². The summed E-state index contributed by atoms with van der Waals surface area (Å²) in [6.07, 6.45) is 5.27. The van der Waals surface area contributed by atoms with E-state index in [1.807, 2.05) is 6.26 Å². The summed E-state index contributed by atoms with van der Waals surface area (Å²) in [5.41, 5.74) is 0.727. The van der Waals surface area contributed by atoms with Crippen LogP contribution in [0, 0.1) is 5.92 Å². The summed E-state index contributed by atoms with van der Waals surface area (Å²) in [4.78, 5) is 28.1. The minimum atomic E-state index is -4.04. The molecule has 0 spiro atoms. The Hall–Kier alpha value is -2.78. The number of para-hydroxylation sites is 1. The van der Waals surface area contributed by atoms with Crippen LogP contribution in [0.3, 0.4) is 0 Å². The first-order chi connectivity index (χ1) is 15.8. The molecule has 0 saturated carbocycles. The van der Waals surface area contributed by atoms with Gasteiger partial charge in [-0.3, -0.25) is 14.3 Å². The van der Waals surface area contributed by atoms with E-state index in [0.29, 0.717) is 24.6 Å². The topological polar surface area (TPSA) is 95.6 Å². The van der Waals surface area contributed by atoms with Crippen molar-refractivity contribution in [3.8, 4) is 0 Å². The summed E-state index contributed by atoms with van der Waals surface area (Å²) < 4.78 is 28.9. The Morgan fingerprint density at radius 2 is 1.85 bits per heavy atom. The van der Waals surface area contributed by atoms with Crippen LogP contribution in [0.5, 0.6) is 0 Å². The van der Waals surface area contributed by atoms with E-state index in [4.69, 9.17) is 0 Å². The van der Waals surface area contributed by atoms with Crippen molar-refractivity contribution in [3.63, 3.8) is 0 Å². The number of sulfonamides is 1. The molecule has 2 aromatic carbocycles. The number of hydrogen-bond acceptors (Lipinski definition) is 5. The molecule has 0 aliphatic carbocycles. The second-order valence-corrected chi connectivity index (χ2v) is 10.5. The molecule has 0 radical (unpaired) electrons. The van der Waals surface area contributed by atoms with Crippen molar-refractivity contribution in [2.75, 3.05) is 30.6 Å². The molecular weight excluding hydrogens is 458 g/mol. The van der Waals surface area contributed by atoms with Gasteiger partial charge in [0, 0.05) is 24.5 Å². The van der Waals surface area contributed by atoms with Crippen LogP contribution in [0.25, 0.3) is 0 Å². The number of benzene rings is 2. The Labute approximate surface area is 199 Å². The molecular formula is C24H29N3O4S2. The molecule has 2 aromatic rings. The highest BCUT2D eigenvalue weighted by Gasteiger charge is 2.26. The molecule has 2 N–H and O–H groups in total. The zero-order valence-electron chi connectivity index (χ0n) is 18.8. The molecule has 1 aliphatic rings. The minimum absolute atomic E-state index is 0.0321. The number of hydrogen-bond donors (Lipinski definition) is 2. The van der Waals surface area contributed by atoms with Crippen LogP contribution >= 0.6 is 11.8 Å². The van der Waals surface area contributed by atoms with E-state index in [-0.39, 0.29) is 28.6 Å². The summed E-state index contributed by atoms with van der Waals surface area (Å²) in [5.74, 6) is 0.00218. The maximum atomic E-state index is 13.2. The van der Waals surface area contributed by atoms with E-state index in [1.165, 1.54) is 30.0 Å². The van der Waals surface area contributed by atoms with Gasteiger partial charge in [-0.15, -0.1) is 18.3 Å². The standard InChI is InChI=1S/C24H29N3O4S2/c1-4-13-25-23(28)19-7-5-6-8-21(19)26-33(30,31)18-9-10-22(32-3)20(16-18)24(29)27-14-11-17(2)12-15-27/h4-10,16-17,26H,1,11-15H2,2-3H3,(H,25,28). The van der Waals surface area contributed by atoms with Crippen molar-refractivity contribution in [1.29, 1.82) is 0 Å². The Balaban J connectivity index is 1.90. The van der Waals surface area contributed by atoms with Crippen LogP contribution in [0.1, 0.15) is 40.5 Å². The molecule has 3 rings (SSSR count). The monoisotopic (exact) mass is 487 g/mol. The van der Waals surface area contributed by atoms with Gasteiger partial charge >= 0.3 is 0 Å². The van der Waals surface area contributed by atoms with Crippen LogP contribution in [-0.4, -0.2) is 51.0 Å². The summed E-state index contributed by atoms with van der Waals surface area (Å²) in [5, 5.41) is 2.65. The number of thioether (sulfide) groups is 1. The van der Waals surface area contributed by atoms with Gasteiger partial charge in [-0.25, -0.2) is 8.42 Å². The molecule has 1 heterocycles. The Bertz CT molecular complexity index is 1140. The van der Waals surface area contributed by atoms with Gasteiger partial charge in [-0.2, -0.15) is 0 Å². The smallest absolute Gasteiger partial charge is 0.261 e. The molecule has 1 aliphatic heterocycles. The van der Waals surface area contributed by atoms with E-state index in [0.717, 1.165) is 17.7 Å². The number of anilines is 1. The molecule has 0 atom stereocenters. The van der Waals surface area contributed by atoms with Gasteiger partial charge in [0.2, 0.25) is 0 Å². The summed E-state index contributed by atoms with van der Waals surface area (Å²) in [6.45, 7) is 7.32. The number of nitrogens with zero attached hydrogens (tertiary/aromatic N) is 1. The van der Waals surface area contributed by atoms with Crippen molar-refractivity contribution in [2.45, 2.75) is 29.6 Å². The first-order valence-electron chi connectivity index (χ1n) is 10.7. The van der Waals surface area contributed by atoms with Crippen molar-refractivity contribution < 1.29 is 18.0 Å². The number of carbonyl (C=O) groups is 2. The molecule has 9 heteroatoms. The lowest BCUT2D eigenvalue weighted by atomic mass is 9.98. The summed E-state index contributed by atoms with van der Waals surface area (Å²) in [7, 11) is -4.04. The van der Waals surface area contributed by atoms with Crippen LogP contribution < -0.4 is 10.0 Å². The van der Waals surface area contributed by atoms with E-state index in [9.17, 15) is 18.0 Å². The van der Waals surface area contributed by atoms with Gasteiger partial charge in [0.25, 0.3) is 21.8 Å². The van der Waals surface area contributed by atoms with Crippen LogP contribution in [0.2, 0.25) is 0 Å². The first-order valence-corrected chi connectivity index (χ1v) is 13.5. The maximum absolute atomic E-state index is 13.2. The Morgan fingerprint density at radius 1 is 1.15 bits per heavy atom. The van der Waals surface area contributed by atoms with Crippen LogP contribution in [-0.2, 0) is 10.0 Å². The molecule has 1 saturated heterocycles. The fourth-order valence-electron chi connectivity index (χ4n) is 3.64. The number of nitrogens with one attached hydrogen (secondary N) is 2. The Morgan fingerprint density at radius 3 is 2.52 bits per heavy atom. The third-order valence-corrected chi connectivity index (χ3v) is 7.76. The van der Waals surface area contributed by atoms with E-state index >= 15 is 0 Å². The SMILES string of the molecule is C=CCNC(=O)c1ccccc1NS(=O)(=O)c1ccc(SC)c(C(=O)N2CCC(C)CC2)c1. The predicted molar refractivity (Wildman–Crippen MR) is 132 cm³/mol. The fraction of sp³-hybridized carbons (Fsp3) is 0.333. The quantitative estimate of drug-likeness (QED) is 0.434. The minimum Gasteiger partial charge on any atom is -0.349 e. The number of rotatable bonds is 8. The second-order valence-electron chi connectivity index (χ2n) is 7.99. The number of amides is 2. The number of piperidine rings is 1. The van der Waals surface area contributed by atoms with Crippen molar-refractivity contribution in [2.24, 2.45) is 5.92 Å². The summed E-state index contributed by atoms with van der Waals surface area (Å²) >= 11 is 1.40. The van der Waals surface area contributed by atoms with Gasteiger partial charge in [0.1, 0.15) is 0 Å². The highest BCUT2D eigenvalue weighted by Crippen LogP contribution is 2.28. The van der Waals surface area contributed by atoms with Gasteiger partial charge in [0.05, 0.1) is 21.7 Å². The number of likely N-dealkylation sites (tertiary alicyclic amines) is 1. The normalized spacial score (nSPS) is 14.5. The van der Waals surface area contributed by atoms with E-state index in [2.05, 4.69) is 23.5 Å². The molecule has 1 fully saturated rings. The second kappa shape index (κ2) is 10.9. The van der Waals surface area contributed by atoms with E-state index < -0.39 is 15.9 Å². The van der Waals surface area contributed by atoms with Gasteiger partial charge < -0.3 is 10.2 Å². The third kappa shape index (κ3) is 5.97.